The first-order valence-electron chi connectivity index (χ1n) is 6.24. The summed E-state index contributed by atoms with van der Waals surface area (Å²) < 4.78 is 10.9. The molecule has 1 fully saturated rings. The van der Waals surface area contributed by atoms with E-state index >= 15 is 0 Å². The minimum atomic E-state index is -0.586. The summed E-state index contributed by atoms with van der Waals surface area (Å²) in [4.78, 5) is 10.9. The number of hydrogen-bond donors (Lipinski definition) is 2. The molecule has 1 amide bonds. The first-order chi connectivity index (χ1) is 9.15. The van der Waals surface area contributed by atoms with Crippen LogP contribution in [0, 0.1) is 0 Å². The van der Waals surface area contributed by atoms with Gasteiger partial charge in [-0.25, -0.2) is 0 Å². The number of anilines is 1. The molecule has 19 heavy (non-hydrogen) atoms. The number of nitrogens with one attached hydrogen (secondary N) is 1. The molecule has 104 valence electrons. The van der Waals surface area contributed by atoms with Gasteiger partial charge in [0.05, 0.1) is 19.3 Å². The van der Waals surface area contributed by atoms with Gasteiger partial charge in [0.2, 0.25) is 0 Å². The van der Waals surface area contributed by atoms with Crippen molar-refractivity contribution in [2.75, 3.05) is 25.1 Å². The topological polar surface area (TPSA) is 99.4 Å². The van der Waals surface area contributed by atoms with E-state index in [-0.39, 0.29) is 17.8 Å². The molecule has 7 nitrogen and oxygen atoms in total. The Morgan fingerprint density at radius 2 is 2.47 bits per heavy atom. The van der Waals surface area contributed by atoms with Crippen LogP contribution in [0.25, 0.3) is 0 Å². The average molecular weight is 266 g/mol. The molecule has 1 aromatic rings. The van der Waals surface area contributed by atoms with Crippen LogP contribution in [0.15, 0.2) is 12.1 Å². The molecule has 0 saturated carbocycles. The Morgan fingerprint density at radius 1 is 1.63 bits per heavy atom. The molecule has 1 saturated heterocycles. The molecule has 1 aliphatic heterocycles. The van der Waals surface area contributed by atoms with E-state index in [1.807, 2.05) is 6.92 Å². The Hall–Kier alpha value is -1.73. The maximum Gasteiger partial charge on any atom is 0.269 e. The van der Waals surface area contributed by atoms with E-state index in [0.29, 0.717) is 19.0 Å². The standard InChI is InChI=1S/C12H18N4O3/c1-8(6-19-9-4-5-18-7-9)14-11-3-2-10(12(13)17)15-16-11/h2-3,8-9H,4-7H2,1H3,(H2,13,17)(H,14,16). The summed E-state index contributed by atoms with van der Waals surface area (Å²) in [5.41, 5.74) is 5.24. The summed E-state index contributed by atoms with van der Waals surface area (Å²) in [6.45, 7) is 3.99. The number of nitrogens with two attached hydrogens (primary N) is 1. The van der Waals surface area contributed by atoms with E-state index in [1.54, 1.807) is 6.07 Å². The van der Waals surface area contributed by atoms with E-state index in [1.165, 1.54) is 6.07 Å². The van der Waals surface area contributed by atoms with Crippen LogP contribution in [0.5, 0.6) is 0 Å². The van der Waals surface area contributed by atoms with Gasteiger partial charge in [0, 0.05) is 12.6 Å². The second-order valence-corrected chi connectivity index (χ2v) is 4.53. The smallest absolute Gasteiger partial charge is 0.269 e. The number of amides is 1. The van der Waals surface area contributed by atoms with Crippen LogP contribution in [0.4, 0.5) is 5.82 Å². The van der Waals surface area contributed by atoms with Gasteiger partial charge < -0.3 is 20.5 Å². The molecular weight excluding hydrogens is 248 g/mol. The van der Waals surface area contributed by atoms with Crippen molar-refractivity contribution < 1.29 is 14.3 Å². The highest BCUT2D eigenvalue weighted by molar-refractivity contribution is 5.90. The fraction of sp³-hybridized carbons (Fsp3) is 0.583. The molecule has 0 spiro atoms. The SMILES string of the molecule is CC(COC1CCOC1)Nc1ccc(C(N)=O)nn1. The molecule has 2 atom stereocenters. The van der Waals surface area contributed by atoms with Gasteiger partial charge in [-0.05, 0) is 25.5 Å². The fourth-order valence-corrected chi connectivity index (χ4v) is 1.76. The highest BCUT2D eigenvalue weighted by Crippen LogP contribution is 2.10. The third-order valence-corrected chi connectivity index (χ3v) is 2.78. The molecule has 3 N–H and O–H groups in total. The zero-order valence-electron chi connectivity index (χ0n) is 10.8. The van der Waals surface area contributed by atoms with E-state index in [2.05, 4.69) is 15.5 Å². The van der Waals surface area contributed by atoms with Gasteiger partial charge in [0.25, 0.3) is 5.91 Å². The van der Waals surface area contributed by atoms with Gasteiger partial charge in [-0.1, -0.05) is 0 Å². The molecule has 1 aromatic heterocycles. The molecule has 0 radical (unpaired) electrons. The van der Waals surface area contributed by atoms with Gasteiger partial charge in [-0.3, -0.25) is 4.79 Å². The lowest BCUT2D eigenvalue weighted by atomic mass is 10.3. The van der Waals surface area contributed by atoms with Gasteiger partial charge in [0.1, 0.15) is 5.82 Å². The van der Waals surface area contributed by atoms with Crippen molar-refractivity contribution in [2.45, 2.75) is 25.5 Å². The second-order valence-electron chi connectivity index (χ2n) is 4.53. The van der Waals surface area contributed by atoms with Crippen molar-refractivity contribution in [3.8, 4) is 0 Å². The van der Waals surface area contributed by atoms with Crippen LogP contribution in [0.2, 0.25) is 0 Å². The number of ether oxygens (including phenoxy) is 2. The Bertz CT molecular complexity index is 417. The number of carbonyl (C=O) groups excluding carboxylic acids is 1. The molecule has 1 aliphatic rings. The number of carbonyl (C=O) groups is 1. The number of primary amides is 1. The summed E-state index contributed by atoms with van der Waals surface area (Å²) in [6, 6.07) is 3.30. The van der Waals surface area contributed by atoms with Crippen molar-refractivity contribution in [2.24, 2.45) is 5.73 Å². The lowest BCUT2D eigenvalue weighted by Crippen LogP contribution is -2.26. The van der Waals surface area contributed by atoms with Crippen LogP contribution in [0.1, 0.15) is 23.8 Å². The fourth-order valence-electron chi connectivity index (χ4n) is 1.76. The summed E-state index contributed by atoms with van der Waals surface area (Å²) in [5.74, 6) is 0.000405. The van der Waals surface area contributed by atoms with E-state index in [9.17, 15) is 4.79 Å². The Morgan fingerprint density at radius 3 is 3.05 bits per heavy atom. The molecule has 0 aliphatic carbocycles. The van der Waals surface area contributed by atoms with Gasteiger partial charge >= 0.3 is 0 Å². The molecule has 2 unspecified atom stereocenters. The van der Waals surface area contributed by atoms with Crippen molar-refractivity contribution >= 4 is 11.7 Å². The van der Waals surface area contributed by atoms with Crippen molar-refractivity contribution in [1.29, 1.82) is 0 Å². The number of hydrogen-bond acceptors (Lipinski definition) is 6. The number of nitrogens with zero attached hydrogens (tertiary/aromatic N) is 2. The van der Waals surface area contributed by atoms with Crippen LogP contribution >= 0.6 is 0 Å². The molecule has 2 heterocycles. The van der Waals surface area contributed by atoms with E-state index < -0.39 is 5.91 Å². The van der Waals surface area contributed by atoms with Gasteiger partial charge in [-0.2, -0.15) is 0 Å². The second kappa shape index (κ2) is 6.44. The van der Waals surface area contributed by atoms with Crippen LogP contribution in [-0.4, -0.2) is 48.1 Å². The maximum atomic E-state index is 10.9. The molecule has 7 heteroatoms. The number of aromatic nitrogens is 2. The Kier molecular flexibility index (Phi) is 4.64. The van der Waals surface area contributed by atoms with Crippen LogP contribution < -0.4 is 11.1 Å². The first-order valence-corrected chi connectivity index (χ1v) is 6.24. The summed E-state index contributed by atoms with van der Waals surface area (Å²) in [7, 11) is 0. The Labute approximate surface area is 111 Å². The maximum absolute atomic E-state index is 10.9. The highest BCUT2D eigenvalue weighted by Gasteiger charge is 2.17. The third kappa shape index (κ3) is 4.15. The third-order valence-electron chi connectivity index (χ3n) is 2.78. The summed E-state index contributed by atoms with van der Waals surface area (Å²) >= 11 is 0. The predicted octanol–water partition coefficient (Wildman–Crippen LogP) is 0.181. The van der Waals surface area contributed by atoms with Crippen LogP contribution in [0.3, 0.4) is 0 Å². The lowest BCUT2D eigenvalue weighted by molar-refractivity contribution is 0.0394. The zero-order valence-corrected chi connectivity index (χ0v) is 10.8. The average Bonchev–Trinajstić information content (AvgIpc) is 2.90. The molecule has 0 bridgehead atoms. The zero-order chi connectivity index (χ0) is 13.7. The lowest BCUT2D eigenvalue weighted by Gasteiger charge is -2.17. The highest BCUT2D eigenvalue weighted by atomic mass is 16.5. The molecule has 0 aromatic carbocycles. The van der Waals surface area contributed by atoms with E-state index in [0.717, 1.165) is 13.0 Å². The quantitative estimate of drug-likeness (QED) is 0.762. The summed E-state index contributed by atoms with van der Waals surface area (Å²) in [6.07, 6.45) is 1.13. The molecule has 2 rings (SSSR count). The van der Waals surface area contributed by atoms with Gasteiger partial charge in [0.15, 0.2) is 5.69 Å². The van der Waals surface area contributed by atoms with Crippen molar-refractivity contribution in [1.82, 2.24) is 10.2 Å². The predicted molar refractivity (Wildman–Crippen MR) is 68.8 cm³/mol. The van der Waals surface area contributed by atoms with E-state index in [4.69, 9.17) is 15.2 Å². The Balaban J connectivity index is 1.77. The largest absolute Gasteiger partial charge is 0.379 e. The molecular formula is C12H18N4O3. The number of rotatable bonds is 6. The van der Waals surface area contributed by atoms with Crippen molar-refractivity contribution in [3.05, 3.63) is 17.8 Å². The monoisotopic (exact) mass is 266 g/mol. The summed E-state index contributed by atoms with van der Waals surface area (Å²) in [5, 5.41) is 10.7. The minimum Gasteiger partial charge on any atom is -0.379 e. The van der Waals surface area contributed by atoms with Crippen molar-refractivity contribution in [3.63, 3.8) is 0 Å². The first kappa shape index (κ1) is 13.7. The normalized spacial score (nSPS) is 20.2. The van der Waals surface area contributed by atoms with Crippen LogP contribution in [-0.2, 0) is 9.47 Å². The minimum absolute atomic E-state index is 0.0920. The van der Waals surface area contributed by atoms with Gasteiger partial charge in [-0.15, -0.1) is 10.2 Å².